The predicted molar refractivity (Wildman–Crippen MR) is 167 cm³/mol. The minimum Gasteiger partial charge on any atom is -0.497 e. The van der Waals surface area contributed by atoms with Crippen LogP contribution in [-0.2, 0) is 4.79 Å². The minimum absolute atomic E-state index is 0.146. The first kappa shape index (κ1) is 26.7. The number of anilines is 3. The summed E-state index contributed by atoms with van der Waals surface area (Å²) >= 11 is 8.40. The third-order valence-corrected chi connectivity index (χ3v) is 8.21. The van der Waals surface area contributed by atoms with E-state index in [0.29, 0.717) is 10.2 Å². The molecule has 9 heteroatoms. The molecule has 0 saturated heterocycles. The highest BCUT2D eigenvalue weighted by Crippen LogP contribution is 2.38. The number of rotatable bonds is 8. The maximum Gasteiger partial charge on any atom is 0.244 e. The van der Waals surface area contributed by atoms with Gasteiger partial charge in [0.1, 0.15) is 11.0 Å². The van der Waals surface area contributed by atoms with E-state index in [4.69, 9.17) is 17.0 Å². The Kier molecular flexibility index (Phi) is 8.41. The lowest BCUT2D eigenvalue weighted by Crippen LogP contribution is -2.19. The van der Waals surface area contributed by atoms with Crippen molar-refractivity contribution >= 4 is 73.1 Å². The van der Waals surface area contributed by atoms with Gasteiger partial charge < -0.3 is 20.7 Å². The third kappa shape index (κ3) is 6.94. The zero-order valence-corrected chi connectivity index (χ0v) is 23.8. The number of ether oxygens (including phenoxy) is 1. The number of thioether (sulfide) groups is 1. The number of benzene rings is 4. The fraction of sp³-hybridized carbons (Fsp3) is 0.100. The molecule has 5 rings (SSSR count). The smallest absolute Gasteiger partial charge is 0.244 e. The minimum atomic E-state index is -0.486. The van der Waals surface area contributed by atoms with Crippen LogP contribution in [0.15, 0.2) is 102 Å². The number of methoxy groups -OCH3 is 1. The van der Waals surface area contributed by atoms with Crippen LogP contribution in [-0.4, -0.2) is 23.1 Å². The van der Waals surface area contributed by atoms with Gasteiger partial charge in [0.05, 0.1) is 17.3 Å². The van der Waals surface area contributed by atoms with E-state index >= 15 is 0 Å². The molecule has 0 aliphatic heterocycles. The van der Waals surface area contributed by atoms with E-state index < -0.39 is 5.25 Å². The first-order valence-corrected chi connectivity index (χ1v) is 14.3. The van der Waals surface area contributed by atoms with Crippen LogP contribution in [0.3, 0.4) is 0 Å². The van der Waals surface area contributed by atoms with Gasteiger partial charge in [-0.15, -0.1) is 11.8 Å². The topological polar surface area (TPSA) is 75.3 Å². The molecular formula is C30H26N4O2S3. The fourth-order valence-electron chi connectivity index (χ4n) is 3.87. The molecule has 0 aliphatic carbocycles. The van der Waals surface area contributed by atoms with E-state index in [0.717, 1.165) is 37.8 Å². The van der Waals surface area contributed by atoms with Crippen LogP contribution >= 0.6 is 35.3 Å². The normalized spacial score (nSPS) is 11.5. The summed E-state index contributed by atoms with van der Waals surface area (Å²) in [7, 11) is 1.63. The number of hydrogen-bond acceptors (Lipinski definition) is 6. The number of fused-ring (bicyclic) bond motifs is 1. The van der Waals surface area contributed by atoms with Crippen LogP contribution < -0.4 is 20.7 Å². The van der Waals surface area contributed by atoms with Gasteiger partial charge in [0, 0.05) is 16.3 Å². The van der Waals surface area contributed by atoms with Crippen molar-refractivity contribution in [1.29, 1.82) is 0 Å². The summed E-state index contributed by atoms with van der Waals surface area (Å²) in [5, 5.41) is 10.0. The number of aromatic nitrogens is 1. The second-order valence-corrected chi connectivity index (χ2v) is 11.3. The lowest BCUT2D eigenvalue weighted by atomic mass is 10.1. The van der Waals surface area contributed by atoms with Crippen molar-refractivity contribution in [3.63, 3.8) is 0 Å². The second kappa shape index (κ2) is 12.3. The molecule has 39 heavy (non-hydrogen) atoms. The molecular weight excluding hydrogens is 545 g/mol. The Hall–Kier alpha value is -3.92. The van der Waals surface area contributed by atoms with Crippen LogP contribution in [0.4, 0.5) is 16.5 Å². The van der Waals surface area contributed by atoms with Gasteiger partial charge in [0.15, 0.2) is 10.2 Å². The number of carbonyl (C=O) groups is 1. The molecule has 1 atom stereocenters. The Bertz CT molecular complexity index is 1600. The number of carbonyl (C=O) groups excluding carboxylic acids is 1. The number of nitrogens with one attached hydrogen (secondary N) is 3. The van der Waals surface area contributed by atoms with Crippen LogP contribution in [0.2, 0.25) is 0 Å². The number of aryl methyl sites for hydroxylation is 1. The number of thiocarbonyl (C=S) groups is 1. The summed E-state index contributed by atoms with van der Waals surface area (Å²) in [6.07, 6.45) is 0. The van der Waals surface area contributed by atoms with Gasteiger partial charge in [-0.2, -0.15) is 0 Å². The van der Waals surface area contributed by atoms with Crippen molar-refractivity contribution in [1.82, 2.24) is 4.98 Å². The third-order valence-electron chi connectivity index (χ3n) is 5.82. The Balaban J connectivity index is 1.32. The summed E-state index contributed by atoms with van der Waals surface area (Å²) in [6.45, 7) is 2.04. The molecule has 1 unspecified atom stereocenters. The summed E-state index contributed by atoms with van der Waals surface area (Å²) in [5.41, 5.74) is 4.64. The van der Waals surface area contributed by atoms with Gasteiger partial charge >= 0.3 is 0 Å². The quantitative estimate of drug-likeness (QED) is 0.129. The molecule has 0 aliphatic rings. The van der Waals surface area contributed by atoms with E-state index in [2.05, 4.69) is 20.9 Å². The predicted octanol–water partition coefficient (Wildman–Crippen LogP) is 7.89. The molecule has 4 aromatic carbocycles. The molecule has 3 N–H and O–H groups in total. The fourth-order valence-corrected chi connectivity index (χ4v) is 6.09. The van der Waals surface area contributed by atoms with Crippen molar-refractivity contribution in [3.05, 3.63) is 108 Å². The maximum atomic E-state index is 13.6. The Morgan fingerprint density at radius 3 is 2.44 bits per heavy atom. The van der Waals surface area contributed by atoms with Gasteiger partial charge in [0.2, 0.25) is 5.91 Å². The van der Waals surface area contributed by atoms with Gasteiger partial charge in [0.25, 0.3) is 0 Å². The molecule has 0 radical (unpaired) electrons. The number of thiazole rings is 1. The lowest BCUT2D eigenvalue weighted by molar-refractivity contribution is -0.115. The van der Waals surface area contributed by atoms with E-state index in [1.165, 1.54) is 28.7 Å². The SMILES string of the molecule is COc1ccc2nc(NC(=O)C(Sc3cccc(NC(=S)Nc4ccc(C)cc4)c3)c3ccccc3)sc2c1. The molecule has 1 heterocycles. The second-order valence-electron chi connectivity index (χ2n) is 8.72. The average Bonchev–Trinajstić information content (AvgIpc) is 3.35. The zero-order chi connectivity index (χ0) is 27.2. The van der Waals surface area contributed by atoms with Crippen molar-refractivity contribution < 1.29 is 9.53 Å². The van der Waals surface area contributed by atoms with Crippen molar-refractivity contribution in [3.8, 4) is 5.75 Å². The van der Waals surface area contributed by atoms with Gasteiger partial charge in [-0.25, -0.2) is 4.98 Å². The van der Waals surface area contributed by atoms with Crippen molar-refractivity contribution in [2.75, 3.05) is 23.1 Å². The van der Waals surface area contributed by atoms with Gasteiger partial charge in [-0.3, -0.25) is 4.79 Å². The highest BCUT2D eigenvalue weighted by Gasteiger charge is 2.23. The maximum absolute atomic E-state index is 13.6. The molecule has 196 valence electrons. The summed E-state index contributed by atoms with van der Waals surface area (Å²) in [6, 6.07) is 31.3. The van der Waals surface area contributed by atoms with Crippen molar-refractivity contribution in [2.45, 2.75) is 17.1 Å². The molecule has 0 fully saturated rings. The number of amides is 1. The summed E-state index contributed by atoms with van der Waals surface area (Å²) in [4.78, 5) is 19.1. The average molecular weight is 571 g/mol. The molecule has 1 amide bonds. The van der Waals surface area contributed by atoms with Gasteiger partial charge in [-0.1, -0.05) is 65.4 Å². The first-order chi connectivity index (χ1) is 19.0. The monoisotopic (exact) mass is 570 g/mol. The van der Waals surface area contributed by atoms with E-state index in [1.54, 1.807) is 7.11 Å². The molecule has 0 spiro atoms. The van der Waals surface area contributed by atoms with Crippen LogP contribution in [0, 0.1) is 6.92 Å². The van der Waals surface area contributed by atoms with Gasteiger partial charge in [-0.05, 0) is 73.2 Å². The molecule has 1 aromatic heterocycles. The highest BCUT2D eigenvalue weighted by atomic mass is 32.2. The Morgan fingerprint density at radius 1 is 0.897 bits per heavy atom. The zero-order valence-electron chi connectivity index (χ0n) is 21.3. The summed E-state index contributed by atoms with van der Waals surface area (Å²) < 4.78 is 6.26. The molecule has 5 aromatic rings. The van der Waals surface area contributed by atoms with E-state index in [1.807, 2.05) is 104 Å². The van der Waals surface area contributed by atoms with Crippen molar-refractivity contribution in [2.24, 2.45) is 0 Å². The first-order valence-electron chi connectivity index (χ1n) is 12.2. The number of hydrogen-bond donors (Lipinski definition) is 3. The number of nitrogens with zero attached hydrogens (tertiary/aromatic N) is 1. The lowest BCUT2D eigenvalue weighted by Gasteiger charge is -2.17. The highest BCUT2D eigenvalue weighted by molar-refractivity contribution is 8.00. The van der Waals surface area contributed by atoms with Crippen LogP contribution in [0.5, 0.6) is 5.75 Å². The molecule has 0 saturated carbocycles. The standard InChI is InChI=1S/C30H26N4O2S3/c1-19-11-13-21(14-12-19)31-29(37)32-22-9-6-10-24(17-22)38-27(20-7-4-3-5-8-20)28(35)34-30-33-25-16-15-23(36-2)18-26(25)39-30/h3-18,27H,1-2H3,(H2,31,32,37)(H,33,34,35). The van der Waals surface area contributed by atoms with E-state index in [9.17, 15) is 4.79 Å². The molecule has 6 nitrogen and oxygen atoms in total. The molecule has 0 bridgehead atoms. The van der Waals surface area contributed by atoms with Crippen LogP contribution in [0.25, 0.3) is 10.2 Å². The van der Waals surface area contributed by atoms with E-state index in [-0.39, 0.29) is 5.91 Å². The van der Waals surface area contributed by atoms with Crippen LogP contribution in [0.1, 0.15) is 16.4 Å². The largest absolute Gasteiger partial charge is 0.497 e. The summed E-state index contributed by atoms with van der Waals surface area (Å²) in [5.74, 6) is 0.607. The Morgan fingerprint density at radius 2 is 1.67 bits per heavy atom. The Labute approximate surface area is 240 Å².